The molecule has 0 bridgehead atoms. The fourth-order valence-electron chi connectivity index (χ4n) is 1.83. The van der Waals surface area contributed by atoms with Crippen molar-refractivity contribution < 1.29 is 4.74 Å². The van der Waals surface area contributed by atoms with E-state index in [0.717, 1.165) is 18.5 Å². The molecule has 4 heteroatoms. The third-order valence-corrected chi connectivity index (χ3v) is 2.61. The van der Waals surface area contributed by atoms with Gasteiger partial charge in [0.25, 0.3) is 0 Å². The number of aromatic nitrogens is 2. The van der Waals surface area contributed by atoms with Crippen molar-refractivity contribution in [2.24, 2.45) is 7.05 Å². The van der Waals surface area contributed by atoms with Crippen LogP contribution in [-0.2, 0) is 11.8 Å². The number of nitrogens with zero attached hydrogens (tertiary/aromatic N) is 2. The topological polar surface area (TPSA) is 39.1 Å². The molecule has 0 aliphatic heterocycles. The predicted octanol–water partition coefficient (Wildman–Crippen LogP) is 1.50. The van der Waals surface area contributed by atoms with Gasteiger partial charge in [-0.15, -0.1) is 0 Å². The summed E-state index contributed by atoms with van der Waals surface area (Å²) in [4.78, 5) is 0. The summed E-state index contributed by atoms with van der Waals surface area (Å²) >= 11 is 0. The van der Waals surface area contributed by atoms with Crippen LogP contribution in [0.5, 0.6) is 0 Å². The fraction of sp³-hybridized carbons (Fsp3) is 0.727. The number of rotatable bonds is 6. The van der Waals surface area contributed by atoms with E-state index in [9.17, 15) is 0 Å². The van der Waals surface area contributed by atoms with E-state index in [2.05, 4.69) is 17.3 Å². The Bertz CT molecular complexity index is 285. The van der Waals surface area contributed by atoms with Crippen molar-refractivity contribution in [1.29, 1.82) is 0 Å². The number of ether oxygens (including phenoxy) is 1. The van der Waals surface area contributed by atoms with Gasteiger partial charge in [-0.1, -0.05) is 13.3 Å². The Kier molecular flexibility index (Phi) is 4.78. The second-order valence-corrected chi connectivity index (χ2v) is 3.74. The monoisotopic (exact) mass is 211 g/mol. The average Bonchev–Trinajstić information content (AvgIpc) is 2.64. The molecule has 4 nitrogen and oxygen atoms in total. The van der Waals surface area contributed by atoms with Crippen LogP contribution in [0.2, 0.25) is 0 Å². The lowest BCUT2D eigenvalue weighted by molar-refractivity contribution is 0.0616. The average molecular weight is 211 g/mol. The molecule has 0 radical (unpaired) electrons. The largest absolute Gasteiger partial charge is 0.379 e. The summed E-state index contributed by atoms with van der Waals surface area (Å²) in [5.41, 5.74) is 1.04. The summed E-state index contributed by atoms with van der Waals surface area (Å²) in [6.45, 7) is 2.16. The Morgan fingerprint density at radius 2 is 2.33 bits per heavy atom. The van der Waals surface area contributed by atoms with E-state index in [4.69, 9.17) is 4.74 Å². The van der Waals surface area contributed by atoms with Gasteiger partial charge in [0.05, 0.1) is 17.8 Å². The molecule has 2 unspecified atom stereocenters. The van der Waals surface area contributed by atoms with Crippen molar-refractivity contribution in [3.8, 4) is 0 Å². The Morgan fingerprint density at radius 1 is 1.60 bits per heavy atom. The summed E-state index contributed by atoms with van der Waals surface area (Å²) in [5.74, 6) is 0. The third-order valence-electron chi connectivity index (χ3n) is 2.61. The first-order valence-electron chi connectivity index (χ1n) is 5.42. The minimum absolute atomic E-state index is 0.177. The van der Waals surface area contributed by atoms with Gasteiger partial charge in [0.2, 0.25) is 0 Å². The zero-order chi connectivity index (χ0) is 11.3. The maximum absolute atomic E-state index is 5.50. The first-order chi connectivity index (χ1) is 7.22. The van der Waals surface area contributed by atoms with E-state index in [1.807, 2.05) is 31.0 Å². The Morgan fingerprint density at radius 3 is 2.73 bits per heavy atom. The lowest BCUT2D eigenvalue weighted by Crippen LogP contribution is -2.31. The predicted molar refractivity (Wildman–Crippen MR) is 60.7 cm³/mol. The van der Waals surface area contributed by atoms with Crippen molar-refractivity contribution >= 4 is 0 Å². The second kappa shape index (κ2) is 5.88. The number of aryl methyl sites for hydroxylation is 1. The molecule has 1 heterocycles. The highest BCUT2D eigenvalue weighted by Crippen LogP contribution is 2.20. The molecule has 0 fully saturated rings. The van der Waals surface area contributed by atoms with Gasteiger partial charge in [-0.2, -0.15) is 5.10 Å². The van der Waals surface area contributed by atoms with Crippen LogP contribution in [0.4, 0.5) is 0 Å². The van der Waals surface area contributed by atoms with Gasteiger partial charge in [0.15, 0.2) is 0 Å². The summed E-state index contributed by atoms with van der Waals surface area (Å²) in [6.07, 6.45) is 4.30. The lowest BCUT2D eigenvalue weighted by atomic mass is 10.0. The quantitative estimate of drug-likeness (QED) is 0.775. The molecule has 1 aromatic rings. The van der Waals surface area contributed by atoms with Crippen molar-refractivity contribution in [1.82, 2.24) is 15.1 Å². The van der Waals surface area contributed by atoms with Crippen LogP contribution < -0.4 is 5.32 Å². The maximum atomic E-state index is 5.50. The molecule has 1 N–H and O–H groups in total. The minimum Gasteiger partial charge on any atom is -0.379 e. The van der Waals surface area contributed by atoms with E-state index < -0.39 is 0 Å². The van der Waals surface area contributed by atoms with Crippen LogP contribution in [0.15, 0.2) is 12.3 Å². The third kappa shape index (κ3) is 3.04. The SMILES string of the molecule is CCCC(OC)C(NC)c1ccn(C)n1. The van der Waals surface area contributed by atoms with Gasteiger partial charge in [0, 0.05) is 20.4 Å². The standard InChI is InChI=1S/C11H21N3O/c1-5-6-10(15-4)11(12-2)9-7-8-14(3)13-9/h7-8,10-12H,5-6H2,1-4H3. The van der Waals surface area contributed by atoms with Gasteiger partial charge in [-0.05, 0) is 19.5 Å². The summed E-state index contributed by atoms with van der Waals surface area (Å²) in [5, 5.41) is 7.67. The molecule has 0 amide bonds. The number of likely N-dealkylation sites (N-methyl/N-ethyl adjacent to an activating group) is 1. The van der Waals surface area contributed by atoms with Crippen LogP contribution in [-0.4, -0.2) is 30.0 Å². The van der Waals surface area contributed by atoms with E-state index in [0.29, 0.717) is 0 Å². The van der Waals surface area contributed by atoms with Crippen molar-refractivity contribution in [2.75, 3.05) is 14.2 Å². The second-order valence-electron chi connectivity index (χ2n) is 3.74. The van der Waals surface area contributed by atoms with Crippen LogP contribution >= 0.6 is 0 Å². The van der Waals surface area contributed by atoms with Crippen LogP contribution in [0.1, 0.15) is 31.5 Å². The lowest BCUT2D eigenvalue weighted by Gasteiger charge is -2.23. The van der Waals surface area contributed by atoms with Gasteiger partial charge in [-0.25, -0.2) is 0 Å². The fourth-order valence-corrected chi connectivity index (χ4v) is 1.83. The van der Waals surface area contributed by atoms with Crippen molar-refractivity contribution in [3.63, 3.8) is 0 Å². The number of methoxy groups -OCH3 is 1. The van der Waals surface area contributed by atoms with Gasteiger partial charge >= 0.3 is 0 Å². The molecule has 15 heavy (non-hydrogen) atoms. The zero-order valence-electron chi connectivity index (χ0n) is 10.0. The molecule has 1 rings (SSSR count). The zero-order valence-corrected chi connectivity index (χ0v) is 10.0. The first kappa shape index (κ1) is 12.2. The van der Waals surface area contributed by atoms with Gasteiger partial charge in [-0.3, -0.25) is 4.68 Å². The van der Waals surface area contributed by atoms with E-state index >= 15 is 0 Å². The number of hydrogen-bond acceptors (Lipinski definition) is 3. The first-order valence-corrected chi connectivity index (χ1v) is 5.42. The van der Waals surface area contributed by atoms with Crippen molar-refractivity contribution in [2.45, 2.75) is 31.9 Å². The Hall–Kier alpha value is -0.870. The highest BCUT2D eigenvalue weighted by molar-refractivity contribution is 5.07. The molecule has 86 valence electrons. The van der Waals surface area contributed by atoms with Gasteiger partial charge in [0.1, 0.15) is 0 Å². The molecule has 0 aliphatic rings. The highest BCUT2D eigenvalue weighted by Gasteiger charge is 2.22. The Balaban J connectivity index is 2.76. The molecule has 0 saturated heterocycles. The van der Waals surface area contributed by atoms with Gasteiger partial charge < -0.3 is 10.1 Å². The minimum atomic E-state index is 0.177. The summed E-state index contributed by atoms with van der Waals surface area (Å²) in [7, 11) is 5.63. The van der Waals surface area contributed by atoms with Crippen LogP contribution in [0.25, 0.3) is 0 Å². The smallest absolute Gasteiger partial charge is 0.0820 e. The Labute approximate surface area is 91.6 Å². The number of nitrogens with one attached hydrogen (secondary N) is 1. The molecule has 0 spiro atoms. The molecular formula is C11H21N3O. The van der Waals surface area contributed by atoms with Crippen LogP contribution in [0.3, 0.4) is 0 Å². The molecule has 0 aliphatic carbocycles. The summed E-state index contributed by atoms with van der Waals surface area (Å²) < 4.78 is 7.31. The molecule has 0 aromatic carbocycles. The molecular weight excluding hydrogens is 190 g/mol. The highest BCUT2D eigenvalue weighted by atomic mass is 16.5. The molecule has 0 saturated carbocycles. The van der Waals surface area contributed by atoms with E-state index in [1.54, 1.807) is 7.11 Å². The van der Waals surface area contributed by atoms with Crippen molar-refractivity contribution in [3.05, 3.63) is 18.0 Å². The normalized spacial score (nSPS) is 15.2. The van der Waals surface area contributed by atoms with E-state index in [1.165, 1.54) is 0 Å². The molecule has 1 aromatic heterocycles. The van der Waals surface area contributed by atoms with Crippen LogP contribution in [0, 0.1) is 0 Å². The molecule has 2 atom stereocenters. The number of hydrogen-bond donors (Lipinski definition) is 1. The maximum Gasteiger partial charge on any atom is 0.0820 e. The van der Waals surface area contributed by atoms with E-state index in [-0.39, 0.29) is 12.1 Å². The summed E-state index contributed by atoms with van der Waals surface area (Å²) in [6, 6.07) is 2.21.